The van der Waals surface area contributed by atoms with Gasteiger partial charge in [0.15, 0.2) is 0 Å². The first-order valence-electron chi connectivity index (χ1n) is 6.00. The van der Waals surface area contributed by atoms with E-state index in [1.165, 1.54) is 4.31 Å². The molecule has 1 N–H and O–H groups in total. The molecule has 0 aliphatic heterocycles. The molecule has 0 amide bonds. The highest BCUT2D eigenvalue weighted by atomic mass is 32.2. The summed E-state index contributed by atoms with van der Waals surface area (Å²) in [5.74, 6) is -0.825. The molecule has 1 aliphatic carbocycles. The highest BCUT2D eigenvalue weighted by molar-refractivity contribution is 7.89. The molecule has 0 heterocycles. The van der Waals surface area contributed by atoms with Crippen LogP contribution in [0.1, 0.15) is 39.0 Å². The molecule has 0 radical (unpaired) electrons. The van der Waals surface area contributed by atoms with Gasteiger partial charge in [0.1, 0.15) is 0 Å². The Labute approximate surface area is 103 Å². The summed E-state index contributed by atoms with van der Waals surface area (Å²) in [6, 6.07) is 0.0394. The minimum absolute atomic E-state index is 0.0394. The van der Waals surface area contributed by atoms with Crippen LogP contribution in [0, 0.1) is 5.92 Å². The average molecular weight is 263 g/mol. The maximum atomic E-state index is 11.9. The minimum Gasteiger partial charge on any atom is -0.481 e. The Hall–Kier alpha value is -0.620. The summed E-state index contributed by atoms with van der Waals surface area (Å²) >= 11 is 0. The highest BCUT2D eigenvalue weighted by Gasteiger charge is 2.29. The molecule has 0 aromatic carbocycles. The first-order valence-corrected chi connectivity index (χ1v) is 7.61. The summed E-state index contributed by atoms with van der Waals surface area (Å²) in [7, 11) is -1.86. The van der Waals surface area contributed by atoms with E-state index in [1.54, 1.807) is 7.05 Å². The predicted molar refractivity (Wildman–Crippen MR) is 65.2 cm³/mol. The zero-order valence-electron chi connectivity index (χ0n) is 10.4. The van der Waals surface area contributed by atoms with Crippen LogP contribution < -0.4 is 0 Å². The van der Waals surface area contributed by atoms with Gasteiger partial charge in [-0.3, -0.25) is 4.79 Å². The smallest absolute Gasteiger partial charge is 0.304 e. The lowest BCUT2D eigenvalue weighted by molar-refractivity contribution is -0.136. The van der Waals surface area contributed by atoms with E-state index in [4.69, 9.17) is 5.11 Å². The number of aliphatic carboxylic acids is 1. The van der Waals surface area contributed by atoms with E-state index in [1.807, 2.05) is 0 Å². The van der Waals surface area contributed by atoms with Crippen LogP contribution in [0.5, 0.6) is 0 Å². The molecule has 2 atom stereocenters. The molecule has 1 saturated carbocycles. The molecule has 0 aromatic heterocycles. The van der Waals surface area contributed by atoms with Crippen LogP contribution in [0.2, 0.25) is 0 Å². The molecule has 0 spiro atoms. The molecule has 0 saturated heterocycles. The molecular weight excluding hydrogens is 242 g/mol. The topological polar surface area (TPSA) is 74.7 Å². The third kappa shape index (κ3) is 4.27. The van der Waals surface area contributed by atoms with Crippen LogP contribution in [0.15, 0.2) is 0 Å². The fraction of sp³-hybridized carbons (Fsp3) is 0.909. The molecule has 6 heteroatoms. The van der Waals surface area contributed by atoms with E-state index in [0.717, 1.165) is 25.7 Å². The maximum Gasteiger partial charge on any atom is 0.304 e. The number of carboxylic acid groups (broad SMARTS) is 1. The third-order valence-corrected chi connectivity index (χ3v) is 5.33. The Kier molecular flexibility index (Phi) is 4.94. The molecule has 5 nitrogen and oxygen atoms in total. The van der Waals surface area contributed by atoms with E-state index in [0.29, 0.717) is 5.92 Å². The van der Waals surface area contributed by atoms with Crippen LogP contribution in [-0.2, 0) is 14.8 Å². The van der Waals surface area contributed by atoms with Gasteiger partial charge in [-0.1, -0.05) is 19.8 Å². The van der Waals surface area contributed by atoms with E-state index >= 15 is 0 Å². The van der Waals surface area contributed by atoms with Gasteiger partial charge in [0.2, 0.25) is 10.0 Å². The molecule has 1 aliphatic rings. The van der Waals surface area contributed by atoms with E-state index in [9.17, 15) is 13.2 Å². The third-order valence-electron chi connectivity index (χ3n) is 3.44. The van der Waals surface area contributed by atoms with Crippen molar-refractivity contribution in [2.24, 2.45) is 5.92 Å². The molecular formula is C11H21NO4S. The molecule has 1 rings (SSSR count). The molecule has 1 fully saturated rings. The second kappa shape index (κ2) is 5.82. The second-order valence-electron chi connectivity index (χ2n) is 4.90. The maximum absolute atomic E-state index is 11.9. The molecule has 100 valence electrons. The van der Waals surface area contributed by atoms with Crippen LogP contribution in [0.3, 0.4) is 0 Å². The van der Waals surface area contributed by atoms with Gasteiger partial charge in [0, 0.05) is 13.1 Å². The zero-order valence-corrected chi connectivity index (χ0v) is 11.2. The van der Waals surface area contributed by atoms with Crippen LogP contribution >= 0.6 is 0 Å². The van der Waals surface area contributed by atoms with Crippen molar-refractivity contribution in [1.82, 2.24) is 4.31 Å². The van der Waals surface area contributed by atoms with Crippen molar-refractivity contribution in [3.63, 3.8) is 0 Å². The number of hydrogen-bond acceptors (Lipinski definition) is 3. The van der Waals surface area contributed by atoms with Crippen LogP contribution in [0.25, 0.3) is 0 Å². The molecule has 0 aromatic rings. The zero-order chi connectivity index (χ0) is 13.1. The molecule has 17 heavy (non-hydrogen) atoms. The van der Waals surface area contributed by atoms with E-state index in [2.05, 4.69) is 6.92 Å². The first kappa shape index (κ1) is 14.4. The van der Waals surface area contributed by atoms with Crippen molar-refractivity contribution >= 4 is 16.0 Å². The number of hydrogen-bond donors (Lipinski definition) is 1. The highest BCUT2D eigenvalue weighted by Crippen LogP contribution is 2.28. The van der Waals surface area contributed by atoms with Crippen molar-refractivity contribution in [2.75, 3.05) is 12.8 Å². The van der Waals surface area contributed by atoms with E-state index < -0.39 is 16.0 Å². The summed E-state index contributed by atoms with van der Waals surface area (Å²) in [5.41, 5.74) is 0. The van der Waals surface area contributed by atoms with Gasteiger partial charge in [-0.05, 0) is 18.8 Å². The monoisotopic (exact) mass is 263 g/mol. The summed E-state index contributed by atoms with van der Waals surface area (Å²) in [6.45, 7) is 2.13. The summed E-state index contributed by atoms with van der Waals surface area (Å²) in [6.07, 6.45) is 3.63. The van der Waals surface area contributed by atoms with Gasteiger partial charge in [-0.2, -0.15) is 0 Å². The summed E-state index contributed by atoms with van der Waals surface area (Å²) in [4.78, 5) is 10.4. The summed E-state index contributed by atoms with van der Waals surface area (Å²) in [5, 5.41) is 8.53. The Morgan fingerprint density at radius 2 is 2.06 bits per heavy atom. The van der Waals surface area contributed by atoms with Gasteiger partial charge in [0.05, 0.1) is 12.2 Å². The van der Waals surface area contributed by atoms with Crippen molar-refractivity contribution in [3.8, 4) is 0 Å². The quantitative estimate of drug-likeness (QED) is 0.811. The number of nitrogens with zero attached hydrogens (tertiary/aromatic N) is 1. The normalized spacial score (nSPS) is 26.1. The first-order chi connectivity index (χ1) is 7.83. The Morgan fingerprint density at radius 3 is 2.59 bits per heavy atom. The lowest BCUT2D eigenvalue weighted by Crippen LogP contribution is -2.41. The molecule has 0 bridgehead atoms. The molecule has 2 unspecified atom stereocenters. The average Bonchev–Trinajstić information content (AvgIpc) is 2.25. The van der Waals surface area contributed by atoms with Gasteiger partial charge in [-0.15, -0.1) is 0 Å². The van der Waals surface area contributed by atoms with Crippen molar-refractivity contribution in [2.45, 2.75) is 45.1 Å². The Morgan fingerprint density at radius 1 is 1.41 bits per heavy atom. The lowest BCUT2D eigenvalue weighted by Gasteiger charge is -2.33. The number of carboxylic acids is 1. The van der Waals surface area contributed by atoms with Crippen molar-refractivity contribution in [1.29, 1.82) is 0 Å². The van der Waals surface area contributed by atoms with Crippen molar-refractivity contribution < 1.29 is 18.3 Å². The largest absolute Gasteiger partial charge is 0.481 e. The van der Waals surface area contributed by atoms with Gasteiger partial charge >= 0.3 is 5.97 Å². The van der Waals surface area contributed by atoms with Gasteiger partial charge in [0.25, 0.3) is 0 Å². The van der Waals surface area contributed by atoms with Gasteiger partial charge in [-0.25, -0.2) is 12.7 Å². The standard InChI is InChI=1S/C11H21NO4S/c1-9-4-3-5-10(8-9)12(2)17(15,16)7-6-11(13)14/h9-10H,3-8H2,1-2H3,(H,13,14). The van der Waals surface area contributed by atoms with Crippen LogP contribution in [0.4, 0.5) is 0 Å². The number of sulfonamides is 1. The number of rotatable bonds is 5. The van der Waals surface area contributed by atoms with Gasteiger partial charge < -0.3 is 5.11 Å². The fourth-order valence-electron chi connectivity index (χ4n) is 2.32. The van der Waals surface area contributed by atoms with Crippen LogP contribution in [-0.4, -0.2) is 42.6 Å². The second-order valence-corrected chi connectivity index (χ2v) is 7.05. The number of carbonyl (C=O) groups is 1. The van der Waals surface area contributed by atoms with E-state index in [-0.39, 0.29) is 18.2 Å². The minimum atomic E-state index is -3.43. The van der Waals surface area contributed by atoms with Crippen molar-refractivity contribution in [3.05, 3.63) is 0 Å². The Bertz CT molecular complexity index is 366. The lowest BCUT2D eigenvalue weighted by atomic mass is 9.87. The predicted octanol–water partition coefficient (Wildman–Crippen LogP) is 1.30. The SMILES string of the molecule is CC1CCCC(N(C)S(=O)(=O)CCC(=O)O)C1. The fourth-order valence-corrected chi connectivity index (χ4v) is 3.69. The summed E-state index contributed by atoms with van der Waals surface area (Å²) < 4.78 is 25.2. The Balaban J connectivity index is 2.60.